The van der Waals surface area contributed by atoms with Crippen molar-refractivity contribution in [1.82, 2.24) is 3.11 Å². The van der Waals surface area contributed by atoms with Crippen LogP contribution in [0, 0.1) is 0 Å². The Balaban J connectivity index is 3.83. The molecule has 9 heavy (non-hydrogen) atoms. The third-order valence-corrected chi connectivity index (χ3v) is 1.77. The zero-order valence-corrected chi connectivity index (χ0v) is 7.62. The number of halogens is 1. The zero-order valence-electron chi connectivity index (χ0n) is 5.47. The number of carbonyl (C=O) groups is 1. The third kappa shape index (κ3) is 3.00. The number of rotatable bonds is 3. The Kier molecular flexibility index (Phi) is 4.12. The minimum absolute atomic E-state index is 0.342. The van der Waals surface area contributed by atoms with E-state index in [9.17, 15) is 4.79 Å². The first kappa shape index (κ1) is 9.16. The number of carboxylic acid groups (broad SMARTS) is 1. The van der Waals surface area contributed by atoms with Crippen LogP contribution in [0.25, 0.3) is 0 Å². The van der Waals surface area contributed by atoms with Gasteiger partial charge in [-0.2, -0.15) is 0 Å². The fourth-order valence-corrected chi connectivity index (χ4v) is 1.21. The van der Waals surface area contributed by atoms with E-state index >= 15 is 0 Å². The van der Waals surface area contributed by atoms with Gasteiger partial charge in [0.1, 0.15) is 6.04 Å². The molecule has 0 aromatic carbocycles. The van der Waals surface area contributed by atoms with Crippen LogP contribution in [0.15, 0.2) is 0 Å². The van der Waals surface area contributed by atoms with Crippen molar-refractivity contribution in [3.05, 3.63) is 0 Å². The molecule has 0 spiro atoms. The molecule has 0 saturated carbocycles. The van der Waals surface area contributed by atoms with E-state index in [0.29, 0.717) is 6.42 Å². The van der Waals surface area contributed by atoms with Crippen molar-refractivity contribution in [2.45, 2.75) is 19.4 Å². The highest BCUT2D eigenvalue weighted by molar-refractivity contribution is 14.1. The Morgan fingerprint density at radius 1 is 1.89 bits per heavy atom. The van der Waals surface area contributed by atoms with Crippen LogP contribution >= 0.6 is 22.9 Å². The number of likely N-dealkylation sites (N-methyl/N-ethyl adjacent to an activating group) is 1. The molecule has 1 atom stereocenters. The second kappa shape index (κ2) is 4.05. The maximum atomic E-state index is 10.3. The van der Waals surface area contributed by atoms with Crippen LogP contribution in [0.1, 0.15) is 13.3 Å². The van der Waals surface area contributed by atoms with Crippen LogP contribution in [0.3, 0.4) is 0 Å². The van der Waals surface area contributed by atoms with Gasteiger partial charge in [-0.3, -0.25) is 4.79 Å². The molecule has 0 aromatic heterocycles. The Morgan fingerprint density at radius 3 is 2.33 bits per heavy atom. The van der Waals surface area contributed by atoms with Gasteiger partial charge in [0.25, 0.3) is 0 Å². The van der Waals surface area contributed by atoms with E-state index in [-0.39, 0.29) is 6.04 Å². The highest BCUT2D eigenvalue weighted by Crippen LogP contribution is 2.06. The van der Waals surface area contributed by atoms with E-state index in [4.69, 9.17) is 5.11 Å². The Labute approximate surface area is 68.5 Å². The summed E-state index contributed by atoms with van der Waals surface area (Å²) in [4.78, 5) is 10.3. The SMILES string of the molecule is CC[C@@H](C(=O)O)N(C)I. The first-order chi connectivity index (χ1) is 4.09. The monoisotopic (exact) mass is 243 g/mol. The van der Waals surface area contributed by atoms with E-state index in [1.807, 2.05) is 29.8 Å². The van der Waals surface area contributed by atoms with Crippen LogP contribution in [0.5, 0.6) is 0 Å². The zero-order chi connectivity index (χ0) is 7.44. The Morgan fingerprint density at radius 2 is 2.33 bits per heavy atom. The van der Waals surface area contributed by atoms with Crippen molar-refractivity contribution in [2.24, 2.45) is 0 Å². The third-order valence-electron chi connectivity index (χ3n) is 1.10. The van der Waals surface area contributed by atoms with E-state index < -0.39 is 5.97 Å². The number of hydrogen-bond donors (Lipinski definition) is 1. The molecular weight excluding hydrogens is 233 g/mol. The molecule has 3 nitrogen and oxygen atoms in total. The summed E-state index contributed by atoms with van der Waals surface area (Å²) in [6, 6.07) is -0.342. The lowest BCUT2D eigenvalue weighted by atomic mass is 10.2. The predicted molar refractivity (Wildman–Crippen MR) is 43.5 cm³/mol. The highest BCUT2D eigenvalue weighted by atomic mass is 127. The summed E-state index contributed by atoms with van der Waals surface area (Å²) >= 11 is 1.97. The van der Waals surface area contributed by atoms with Gasteiger partial charge in [0.15, 0.2) is 0 Å². The molecule has 0 unspecified atom stereocenters. The standard InChI is InChI=1S/C5H10INO2/c1-3-4(5(8)9)7(2)6/h4H,3H2,1-2H3,(H,8,9)/t4-/m0/s1. The number of aliphatic carboxylic acids is 1. The second-order valence-electron chi connectivity index (χ2n) is 1.79. The number of hydrogen-bond acceptors (Lipinski definition) is 2. The van der Waals surface area contributed by atoms with Gasteiger partial charge in [-0.05, 0) is 13.5 Å². The molecular formula is C5H10INO2. The molecule has 0 amide bonds. The molecule has 0 aliphatic rings. The van der Waals surface area contributed by atoms with E-state index in [1.165, 1.54) is 0 Å². The first-order valence-corrected chi connectivity index (χ1v) is 3.67. The molecule has 0 saturated heterocycles. The first-order valence-electron chi connectivity index (χ1n) is 2.71. The van der Waals surface area contributed by atoms with Gasteiger partial charge in [0.05, 0.1) is 0 Å². The topological polar surface area (TPSA) is 40.5 Å². The summed E-state index contributed by atoms with van der Waals surface area (Å²) in [5.74, 6) is -0.755. The van der Waals surface area contributed by atoms with Crippen LogP contribution < -0.4 is 0 Å². The normalized spacial score (nSPS) is 13.8. The second-order valence-corrected chi connectivity index (χ2v) is 3.31. The van der Waals surface area contributed by atoms with Crippen LogP contribution in [0.4, 0.5) is 0 Å². The van der Waals surface area contributed by atoms with Gasteiger partial charge in [0.2, 0.25) is 0 Å². The van der Waals surface area contributed by atoms with Crippen LogP contribution in [0.2, 0.25) is 0 Å². The molecule has 4 heteroatoms. The number of carboxylic acids is 1. The van der Waals surface area contributed by atoms with Gasteiger partial charge in [-0.15, -0.1) is 0 Å². The Hall–Kier alpha value is 0.160. The molecule has 0 rings (SSSR count). The van der Waals surface area contributed by atoms with E-state index in [2.05, 4.69) is 0 Å². The molecule has 0 aliphatic carbocycles. The summed E-state index contributed by atoms with van der Waals surface area (Å²) in [7, 11) is 1.75. The summed E-state index contributed by atoms with van der Waals surface area (Å²) in [5.41, 5.74) is 0. The Bertz CT molecular complexity index is 105. The molecule has 54 valence electrons. The quantitative estimate of drug-likeness (QED) is 0.596. The van der Waals surface area contributed by atoms with Gasteiger partial charge < -0.3 is 5.11 Å². The lowest BCUT2D eigenvalue weighted by molar-refractivity contribution is -0.140. The van der Waals surface area contributed by atoms with Gasteiger partial charge in [-0.25, -0.2) is 3.11 Å². The summed E-state index contributed by atoms with van der Waals surface area (Å²) in [6.07, 6.45) is 0.648. The minimum atomic E-state index is -0.755. The van der Waals surface area contributed by atoms with Crippen molar-refractivity contribution >= 4 is 28.8 Å². The number of nitrogens with zero attached hydrogens (tertiary/aromatic N) is 1. The summed E-state index contributed by atoms with van der Waals surface area (Å²) < 4.78 is 1.67. The maximum absolute atomic E-state index is 10.3. The molecule has 0 aromatic rings. The van der Waals surface area contributed by atoms with Gasteiger partial charge in [-0.1, -0.05) is 6.92 Å². The summed E-state index contributed by atoms with van der Waals surface area (Å²) in [6.45, 7) is 1.86. The van der Waals surface area contributed by atoms with Crippen LogP contribution in [-0.4, -0.2) is 27.3 Å². The fourth-order valence-electron chi connectivity index (χ4n) is 0.578. The van der Waals surface area contributed by atoms with E-state index in [0.717, 1.165) is 0 Å². The molecule has 0 fully saturated rings. The van der Waals surface area contributed by atoms with Gasteiger partial charge >= 0.3 is 5.97 Å². The van der Waals surface area contributed by atoms with Crippen molar-refractivity contribution in [1.29, 1.82) is 0 Å². The summed E-state index contributed by atoms with van der Waals surface area (Å²) in [5, 5.41) is 8.50. The molecule has 0 aliphatic heterocycles. The minimum Gasteiger partial charge on any atom is -0.480 e. The predicted octanol–water partition coefficient (Wildman–Crippen LogP) is 1.13. The maximum Gasteiger partial charge on any atom is 0.321 e. The molecule has 0 heterocycles. The highest BCUT2D eigenvalue weighted by Gasteiger charge is 2.17. The van der Waals surface area contributed by atoms with Crippen molar-refractivity contribution in [3.8, 4) is 0 Å². The molecule has 0 bridgehead atoms. The largest absolute Gasteiger partial charge is 0.480 e. The lowest BCUT2D eigenvalue weighted by Crippen LogP contribution is -2.30. The van der Waals surface area contributed by atoms with Crippen molar-refractivity contribution < 1.29 is 9.90 Å². The van der Waals surface area contributed by atoms with Crippen LogP contribution in [-0.2, 0) is 4.79 Å². The average Bonchev–Trinajstić information content (AvgIpc) is 1.64. The smallest absolute Gasteiger partial charge is 0.321 e. The van der Waals surface area contributed by atoms with E-state index in [1.54, 1.807) is 10.2 Å². The van der Waals surface area contributed by atoms with Gasteiger partial charge in [0, 0.05) is 22.9 Å². The lowest BCUT2D eigenvalue weighted by Gasteiger charge is -2.14. The average molecular weight is 243 g/mol. The molecule has 0 radical (unpaired) electrons. The van der Waals surface area contributed by atoms with Crippen molar-refractivity contribution in [2.75, 3.05) is 7.05 Å². The molecule has 1 N–H and O–H groups in total. The fraction of sp³-hybridized carbons (Fsp3) is 0.800. The van der Waals surface area contributed by atoms with Crippen molar-refractivity contribution in [3.63, 3.8) is 0 Å².